The summed E-state index contributed by atoms with van der Waals surface area (Å²) in [6.45, 7) is 8.06. The Hall–Kier alpha value is -1.56. The van der Waals surface area contributed by atoms with E-state index in [2.05, 4.69) is 29.2 Å². The van der Waals surface area contributed by atoms with Gasteiger partial charge in [-0.2, -0.15) is 5.10 Å². The maximum atomic E-state index is 10.9. The van der Waals surface area contributed by atoms with Crippen molar-refractivity contribution in [3.63, 3.8) is 0 Å². The van der Waals surface area contributed by atoms with Crippen LogP contribution in [0.3, 0.4) is 0 Å². The number of hydrogen-bond donors (Lipinski definition) is 2. The zero-order valence-corrected chi connectivity index (χ0v) is 12.4. The first kappa shape index (κ1) is 14.8. The lowest BCUT2D eigenvalue weighted by Crippen LogP contribution is -2.41. The third-order valence-electron chi connectivity index (χ3n) is 4.04. The number of carbonyl (C=O) groups is 1. The summed E-state index contributed by atoms with van der Waals surface area (Å²) in [6.07, 6.45) is 6.12. The number of carbonyl (C=O) groups excluding carboxylic acids is 1. The van der Waals surface area contributed by atoms with E-state index in [1.807, 2.05) is 6.20 Å². The van der Waals surface area contributed by atoms with Crippen LogP contribution < -0.4 is 11.1 Å². The van der Waals surface area contributed by atoms with Crippen LogP contribution in [0.25, 0.3) is 0 Å². The van der Waals surface area contributed by atoms with Gasteiger partial charge in [-0.15, -0.1) is 0 Å². The van der Waals surface area contributed by atoms with E-state index in [4.69, 9.17) is 5.73 Å². The Morgan fingerprint density at radius 2 is 2.45 bits per heavy atom. The normalized spacial score (nSPS) is 21.6. The van der Waals surface area contributed by atoms with E-state index in [9.17, 15) is 4.79 Å². The number of nitrogens with one attached hydrogen (secondary N) is 1. The van der Waals surface area contributed by atoms with Gasteiger partial charge in [0.05, 0.1) is 11.9 Å². The molecule has 6 heteroatoms. The van der Waals surface area contributed by atoms with Crippen LogP contribution in [0.1, 0.15) is 26.7 Å². The molecule has 0 radical (unpaired) electrons. The fraction of sp³-hybridized carbons (Fsp3) is 0.714. The van der Waals surface area contributed by atoms with E-state index in [1.54, 1.807) is 10.9 Å². The van der Waals surface area contributed by atoms with E-state index in [0.717, 1.165) is 18.8 Å². The van der Waals surface area contributed by atoms with Crippen LogP contribution in [0.4, 0.5) is 5.69 Å². The van der Waals surface area contributed by atoms with Crippen LogP contribution in [0, 0.1) is 5.92 Å². The Bertz CT molecular complexity index is 445. The number of amides is 1. The summed E-state index contributed by atoms with van der Waals surface area (Å²) in [5.74, 6) is 0.279. The minimum absolute atomic E-state index is 0.128. The largest absolute Gasteiger partial charge is 0.380 e. The van der Waals surface area contributed by atoms with Gasteiger partial charge < -0.3 is 16.0 Å². The highest BCUT2D eigenvalue weighted by Gasteiger charge is 2.23. The highest BCUT2D eigenvalue weighted by molar-refractivity contribution is 5.73. The molecular weight excluding hydrogens is 254 g/mol. The first-order valence-corrected chi connectivity index (χ1v) is 7.38. The van der Waals surface area contributed by atoms with Crippen molar-refractivity contribution in [2.75, 3.05) is 25.0 Å². The molecule has 2 heterocycles. The minimum Gasteiger partial charge on any atom is -0.380 e. The third kappa shape index (κ3) is 3.96. The van der Waals surface area contributed by atoms with Gasteiger partial charge in [-0.25, -0.2) is 0 Å². The van der Waals surface area contributed by atoms with Gasteiger partial charge in [-0.05, 0) is 38.8 Å². The van der Waals surface area contributed by atoms with Gasteiger partial charge in [0, 0.05) is 18.8 Å². The number of rotatable bonds is 6. The molecule has 3 N–H and O–H groups in total. The molecule has 0 aliphatic carbocycles. The Morgan fingerprint density at radius 3 is 3.15 bits per heavy atom. The first-order valence-electron chi connectivity index (χ1n) is 7.38. The van der Waals surface area contributed by atoms with Crippen LogP contribution >= 0.6 is 0 Å². The summed E-state index contributed by atoms with van der Waals surface area (Å²) in [7, 11) is 0. The highest BCUT2D eigenvalue weighted by Crippen LogP contribution is 2.22. The molecular formula is C14H25N5O. The molecule has 2 atom stereocenters. The van der Waals surface area contributed by atoms with E-state index in [0.29, 0.717) is 12.0 Å². The quantitative estimate of drug-likeness (QED) is 0.811. The Labute approximate surface area is 120 Å². The van der Waals surface area contributed by atoms with E-state index >= 15 is 0 Å². The van der Waals surface area contributed by atoms with Crippen molar-refractivity contribution in [2.24, 2.45) is 11.7 Å². The molecule has 112 valence electrons. The average molecular weight is 279 g/mol. The van der Waals surface area contributed by atoms with Gasteiger partial charge in [0.15, 0.2) is 0 Å². The van der Waals surface area contributed by atoms with Crippen molar-refractivity contribution >= 4 is 11.6 Å². The molecule has 1 aliphatic rings. The first-order chi connectivity index (χ1) is 9.58. The number of likely N-dealkylation sites (tertiary alicyclic amines) is 1. The fourth-order valence-corrected chi connectivity index (χ4v) is 2.85. The van der Waals surface area contributed by atoms with Crippen LogP contribution in [0.2, 0.25) is 0 Å². The Morgan fingerprint density at radius 1 is 1.65 bits per heavy atom. The number of piperidine rings is 1. The van der Waals surface area contributed by atoms with E-state index in [1.165, 1.54) is 19.4 Å². The van der Waals surface area contributed by atoms with Gasteiger partial charge in [0.1, 0.15) is 6.54 Å². The highest BCUT2D eigenvalue weighted by atomic mass is 16.1. The number of hydrogen-bond acceptors (Lipinski definition) is 4. The summed E-state index contributed by atoms with van der Waals surface area (Å²) in [4.78, 5) is 13.4. The van der Waals surface area contributed by atoms with Crippen LogP contribution in [0.5, 0.6) is 0 Å². The summed E-state index contributed by atoms with van der Waals surface area (Å²) in [5, 5.41) is 7.62. The molecule has 0 spiro atoms. The van der Waals surface area contributed by atoms with Crippen molar-refractivity contribution in [3.05, 3.63) is 12.4 Å². The van der Waals surface area contributed by atoms with Crippen LogP contribution in [-0.2, 0) is 11.3 Å². The number of aromatic nitrogens is 2. The van der Waals surface area contributed by atoms with Gasteiger partial charge >= 0.3 is 0 Å². The number of nitrogens with zero attached hydrogens (tertiary/aromatic N) is 3. The van der Waals surface area contributed by atoms with Crippen LogP contribution in [0.15, 0.2) is 12.4 Å². The monoisotopic (exact) mass is 279 g/mol. The Kier molecular flexibility index (Phi) is 5.00. The second kappa shape index (κ2) is 6.74. The molecule has 1 amide bonds. The van der Waals surface area contributed by atoms with Crippen molar-refractivity contribution in [3.8, 4) is 0 Å². The van der Waals surface area contributed by atoms with E-state index in [-0.39, 0.29) is 12.5 Å². The topological polar surface area (TPSA) is 76.2 Å². The van der Waals surface area contributed by atoms with Crippen molar-refractivity contribution in [1.29, 1.82) is 0 Å². The van der Waals surface area contributed by atoms with Gasteiger partial charge in [0.2, 0.25) is 5.91 Å². The van der Waals surface area contributed by atoms with Gasteiger partial charge in [-0.3, -0.25) is 9.48 Å². The minimum atomic E-state index is -0.376. The average Bonchev–Trinajstić information content (AvgIpc) is 2.85. The SMILES string of the molecule is CCN1CCCC(C(C)Nc2cnn(CC(N)=O)c2)C1. The molecule has 0 saturated carbocycles. The van der Waals surface area contributed by atoms with E-state index < -0.39 is 0 Å². The van der Waals surface area contributed by atoms with Crippen molar-refractivity contribution < 1.29 is 4.79 Å². The molecule has 20 heavy (non-hydrogen) atoms. The second-order valence-corrected chi connectivity index (χ2v) is 5.62. The fourth-order valence-electron chi connectivity index (χ4n) is 2.85. The predicted molar refractivity (Wildman–Crippen MR) is 79.3 cm³/mol. The lowest BCUT2D eigenvalue weighted by Gasteiger charge is -2.35. The number of anilines is 1. The summed E-state index contributed by atoms with van der Waals surface area (Å²) in [5.41, 5.74) is 6.11. The molecule has 1 aliphatic heterocycles. The maximum absolute atomic E-state index is 10.9. The lowest BCUT2D eigenvalue weighted by molar-refractivity contribution is -0.118. The summed E-state index contributed by atoms with van der Waals surface area (Å²) < 4.78 is 1.57. The molecule has 0 aromatic carbocycles. The second-order valence-electron chi connectivity index (χ2n) is 5.62. The molecule has 1 aromatic rings. The molecule has 6 nitrogen and oxygen atoms in total. The third-order valence-corrected chi connectivity index (χ3v) is 4.04. The molecule has 2 unspecified atom stereocenters. The van der Waals surface area contributed by atoms with Gasteiger partial charge in [0.25, 0.3) is 0 Å². The zero-order chi connectivity index (χ0) is 14.5. The van der Waals surface area contributed by atoms with Crippen molar-refractivity contribution in [1.82, 2.24) is 14.7 Å². The lowest BCUT2D eigenvalue weighted by atomic mass is 9.91. The summed E-state index contributed by atoms with van der Waals surface area (Å²) >= 11 is 0. The molecule has 1 fully saturated rings. The van der Waals surface area contributed by atoms with Crippen molar-refractivity contribution in [2.45, 2.75) is 39.3 Å². The maximum Gasteiger partial charge on any atom is 0.239 e. The van der Waals surface area contributed by atoms with Gasteiger partial charge in [-0.1, -0.05) is 6.92 Å². The molecule has 1 saturated heterocycles. The molecule has 0 bridgehead atoms. The Balaban J connectivity index is 1.88. The molecule has 1 aromatic heterocycles. The zero-order valence-electron chi connectivity index (χ0n) is 12.4. The molecule has 2 rings (SSSR count). The smallest absolute Gasteiger partial charge is 0.239 e. The van der Waals surface area contributed by atoms with Crippen LogP contribution in [-0.4, -0.2) is 46.3 Å². The standard InChI is InChI=1S/C14H25N5O/c1-3-18-6-4-5-12(8-18)11(2)17-13-7-16-19(9-13)10-14(15)20/h7,9,11-12,17H,3-6,8,10H2,1-2H3,(H2,15,20). The number of nitrogens with two attached hydrogens (primary N) is 1. The number of primary amides is 1. The summed E-state index contributed by atoms with van der Waals surface area (Å²) in [6, 6.07) is 0.399. The predicted octanol–water partition coefficient (Wildman–Crippen LogP) is 0.901.